The van der Waals surface area contributed by atoms with Crippen molar-refractivity contribution in [2.75, 3.05) is 18.9 Å². The van der Waals surface area contributed by atoms with Crippen LogP contribution in [0.15, 0.2) is 36.4 Å². The largest absolute Gasteiger partial charge is 0.482 e. The van der Waals surface area contributed by atoms with Gasteiger partial charge >= 0.3 is 5.97 Å². The lowest BCUT2D eigenvalue weighted by molar-refractivity contribution is -0.145. The second-order valence-corrected chi connectivity index (χ2v) is 7.44. The van der Waals surface area contributed by atoms with E-state index < -0.39 is 11.4 Å². The Balaban J connectivity index is 1.78. The number of nitrogens with one attached hydrogen (secondary N) is 1. The molecule has 28 heavy (non-hydrogen) atoms. The Morgan fingerprint density at radius 2 is 1.96 bits per heavy atom. The van der Waals surface area contributed by atoms with Gasteiger partial charge < -0.3 is 20.2 Å². The van der Waals surface area contributed by atoms with Crippen LogP contribution < -0.4 is 10.5 Å². The SMILES string of the molecule is CCOC(=O)COc1ccc2c(c1)C(C)(C)c1[nH]c3cc(N)ccc3c1C2=O. The summed E-state index contributed by atoms with van der Waals surface area (Å²) >= 11 is 0. The third kappa shape index (κ3) is 2.72. The van der Waals surface area contributed by atoms with E-state index in [0.29, 0.717) is 29.2 Å². The van der Waals surface area contributed by atoms with E-state index >= 15 is 0 Å². The number of ketones is 1. The smallest absolute Gasteiger partial charge is 0.344 e. The van der Waals surface area contributed by atoms with Gasteiger partial charge in [0.25, 0.3) is 0 Å². The van der Waals surface area contributed by atoms with Gasteiger partial charge in [-0.05, 0) is 42.8 Å². The fourth-order valence-electron chi connectivity index (χ4n) is 3.86. The Kier molecular flexibility index (Phi) is 4.14. The number of aromatic amines is 1. The number of nitrogens with two attached hydrogens (primary N) is 1. The normalized spacial score (nSPS) is 14.5. The van der Waals surface area contributed by atoms with Crippen LogP contribution >= 0.6 is 0 Å². The quantitative estimate of drug-likeness (QED) is 0.535. The molecule has 0 spiro atoms. The van der Waals surface area contributed by atoms with Crippen molar-refractivity contribution < 1.29 is 19.1 Å². The summed E-state index contributed by atoms with van der Waals surface area (Å²) in [6, 6.07) is 10.8. The van der Waals surface area contributed by atoms with Crippen molar-refractivity contribution >= 4 is 28.3 Å². The van der Waals surface area contributed by atoms with Crippen molar-refractivity contribution in [3.63, 3.8) is 0 Å². The second-order valence-electron chi connectivity index (χ2n) is 7.44. The molecule has 0 radical (unpaired) electrons. The Morgan fingerprint density at radius 3 is 2.71 bits per heavy atom. The number of nitrogen functional groups attached to an aromatic ring is 1. The molecule has 3 N–H and O–H groups in total. The molecule has 0 amide bonds. The Hall–Kier alpha value is -3.28. The first-order chi connectivity index (χ1) is 13.3. The highest BCUT2D eigenvalue weighted by Crippen LogP contribution is 2.44. The number of carbonyl (C=O) groups is 2. The molecule has 0 atom stereocenters. The van der Waals surface area contributed by atoms with E-state index in [0.717, 1.165) is 22.2 Å². The Labute approximate surface area is 162 Å². The summed E-state index contributed by atoms with van der Waals surface area (Å²) in [6.45, 7) is 6.01. The zero-order valence-corrected chi connectivity index (χ0v) is 16.1. The van der Waals surface area contributed by atoms with Gasteiger partial charge in [0.2, 0.25) is 0 Å². The molecule has 0 unspecified atom stereocenters. The molecule has 0 fully saturated rings. The molecule has 2 aromatic carbocycles. The molecular formula is C22H22N2O4. The molecule has 1 heterocycles. The third-order valence-electron chi connectivity index (χ3n) is 5.25. The van der Waals surface area contributed by atoms with Crippen molar-refractivity contribution in [2.24, 2.45) is 0 Å². The summed E-state index contributed by atoms with van der Waals surface area (Å²) in [4.78, 5) is 28.2. The minimum atomic E-state index is -0.449. The van der Waals surface area contributed by atoms with Gasteiger partial charge in [-0.25, -0.2) is 4.79 Å². The number of fused-ring (bicyclic) bond motifs is 4. The molecule has 0 saturated heterocycles. The number of hydrogen-bond acceptors (Lipinski definition) is 5. The summed E-state index contributed by atoms with van der Waals surface area (Å²) in [5.41, 5.74) is 9.98. The Bertz CT molecular complexity index is 1110. The maximum absolute atomic E-state index is 13.3. The van der Waals surface area contributed by atoms with Crippen molar-refractivity contribution in [3.05, 3.63) is 58.8 Å². The lowest BCUT2D eigenvalue weighted by atomic mass is 9.71. The van der Waals surface area contributed by atoms with Crippen LogP contribution in [0.1, 0.15) is 48.0 Å². The first-order valence-electron chi connectivity index (χ1n) is 9.22. The molecule has 1 aliphatic rings. The highest BCUT2D eigenvalue weighted by atomic mass is 16.6. The van der Waals surface area contributed by atoms with E-state index in [2.05, 4.69) is 18.8 Å². The number of carbonyl (C=O) groups excluding carboxylic acids is 2. The number of hydrogen-bond donors (Lipinski definition) is 2. The average Bonchev–Trinajstić information content (AvgIpc) is 3.04. The second kappa shape index (κ2) is 6.41. The number of esters is 1. The fourth-order valence-corrected chi connectivity index (χ4v) is 3.86. The van der Waals surface area contributed by atoms with E-state index in [4.69, 9.17) is 15.2 Å². The number of benzene rings is 2. The van der Waals surface area contributed by atoms with Gasteiger partial charge in [-0.15, -0.1) is 0 Å². The number of H-pyrrole nitrogens is 1. The topological polar surface area (TPSA) is 94.4 Å². The van der Waals surface area contributed by atoms with Crippen LogP contribution in [-0.4, -0.2) is 30.0 Å². The number of rotatable bonds is 4. The summed E-state index contributed by atoms with van der Waals surface area (Å²) in [6.07, 6.45) is 0. The fraction of sp³-hybridized carbons (Fsp3) is 0.273. The van der Waals surface area contributed by atoms with Gasteiger partial charge in [0.15, 0.2) is 12.4 Å². The van der Waals surface area contributed by atoms with Crippen molar-refractivity contribution in [1.29, 1.82) is 0 Å². The van der Waals surface area contributed by atoms with Crippen LogP contribution in [0.3, 0.4) is 0 Å². The molecule has 0 aliphatic heterocycles. The maximum Gasteiger partial charge on any atom is 0.344 e. The average molecular weight is 378 g/mol. The molecule has 1 aromatic heterocycles. The van der Waals surface area contributed by atoms with E-state index in [1.807, 2.05) is 18.2 Å². The van der Waals surface area contributed by atoms with Gasteiger partial charge in [0, 0.05) is 33.3 Å². The standard InChI is InChI=1S/C22H22N2O4/c1-4-27-18(25)11-28-13-6-8-14-16(10-13)22(2,3)21-19(20(14)26)15-7-5-12(23)9-17(15)24-21/h5-10,24H,4,11,23H2,1-3H3. The van der Waals surface area contributed by atoms with Gasteiger partial charge in [0.05, 0.1) is 12.2 Å². The minimum Gasteiger partial charge on any atom is -0.482 e. The zero-order chi connectivity index (χ0) is 20.1. The third-order valence-corrected chi connectivity index (χ3v) is 5.25. The van der Waals surface area contributed by atoms with E-state index in [1.165, 1.54) is 0 Å². The minimum absolute atomic E-state index is 0.0303. The zero-order valence-electron chi connectivity index (χ0n) is 16.1. The maximum atomic E-state index is 13.3. The highest BCUT2D eigenvalue weighted by molar-refractivity contribution is 6.20. The molecule has 144 valence electrons. The van der Waals surface area contributed by atoms with Gasteiger partial charge in [-0.2, -0.15) is 0 Å². The van der Waals surface area contributed by atoms with Crippen LogP contribution in [0.4, 0.5) is 5.69 Å². The van der Waals surface area contributed by atoms with Crippen molar-refractivity contribution in [2.45, 2.75) is 26.2 Å². The highest BCUT2D eigenvalue weighted by Gasteiger charge is 2.39. The predicted octanol–water partition coefficient (Wildman–Crippen LogP) is 3.56. The predicted molar refractivity (Wildman–Crippen MR) is 107 cm³/mol. The van der Waals surface area contributed by atoms with Crippen LogP contribution in [0.2, 0.25) is 0 Å². The monoisotopic (exact) mass is 378 g/mol. The van der Waals surface area contributed by atoms with E-state index in [1.54, 1.807) is 25.1 Å². The van der Waals surface area contributed by atoms with Gasteiger partial charge in [-0.1, -0.05) is 19.9 Å². The van der Waals surface area contributed by atoms with Crippen molar-refractivity contribution in [3.8, 4) is 5.75 Å². The summed E-state index contributed by atoms with van der Waals surface area (Å²) in [5, 5.41) is 0.871. The molecule has 6 heteroatoms. The Morgan fingerprint density at radius 1 is 1.18 bits per heavy atom. The summed E-state index contributed by atoms with van der Waals surface area (Å²) < 4.78 is 10.5. The lowest BCUT2D eigenvalue weighted by Gasteiger charge is -2.32. The summed E-state index contributed by atoms with van der Waals surface area (Å²) in [5.74, 6) is 0.0693. The molecular weight excluding hydrogens is 356 g/mol. The lowest BCUT2D eigenvalue weighted by Crippen LogP contribution is -2.30. The molecule has 3 aromatic rings. The number of anilines is 1. The number of ether oxygens (including phenoxy) is 2. The van der Waals surface area contributed by atoms with E-state index in [-0.39, 0.29) is 12.4 Å². The summed E-state index contributed by atoms with van der Waals surface area (Å²) in [7, 11) is 0. The molecule has 0 bridgehead atoms. The van der Waals surface area contributed by atoms with Crippen LogP contribution in [0.25, 0.3) is 10.9 Å². The number of aromatic nitrogens is 1. The van der Waals surface area contributed by atoms with Crippen LogP contribution in [-0.2, 0) is 14.9 Å². The van der Waals surface area contributed by atoms with Crippen molar-refractivity contribution in [1.82, 2.24) is 4.98 Å². The van der Waals surface area contributed by atoms with Crippen LogP contribution in [0, 0.1) is 0 Å². The molecule has 6 nitrogen and oxygen atoms in total. The first kappa shape index (κ1) is 18.1. The first-order valence-corrected chi connectivity index (χ1v) is 9.22. The van der Waals surface area contributed by atoms with Crippen LogP contribution in [0.5, 0.6) is 5.75 Å². The molecule has 1 aliphatic carbocycles. The van der Waals surface area contributed by atoms with Gasteiger partial charge in [-0.3, -0.25) is 4.79 Å². The molecule has 4 rings (SSSR count). The van der Waals surface area contributed by atoms with Gasteiger partial charge in [0.1, 0.15) is 5.75 Å². The molecule has 0 saturated carbocycles. The van der Waals surface area contributed by atoms with E-state index in [9.17, 15) is 9.59 Å².